The molecule has 54 heavy (non-hydrogen) atoms. The van der Waals surface area contributed by atoms with Crippen molar-refractivity contribution in [1.82, 2.24) is 15.5 Å². The van der Waals surface area contributed by atoms with Crippen LogP contribution in [0.5, 0.6) is 0 Å². The van der Waals surface area contributed by atoms with Crippen molar-refractivity contribution >= 4 is 34.5 Å². The fourth-order valence-electron chi connectivity index (χ4n) is 8.00. The quantitative estimate of drug-likeness (QED) is 0.0883. The largest absolute Gasteiger partial charge is 0.445 e. The summed E-state index contributed by atoms with van der Waals surface area (Å²) in [7, 11) is 0. The molecule has 4 aromatic carbocycles. The Bertz CT molecular complexity index is 1830. The Morgan fingerprint density at radius 2 is 1.54 bits per heavy atom. The normalized spacial score (nSPS) is 20.9. The second-order valence-electron chi connectivity index (χ2n) is 16.2. The number of nitrogens with zero attached hydrogens (tertiary/aromatic N) is 1. The monoisotopic (exact) mass is 747 g/mol. The number of fused-ring (bicyclic) bond motifs is 2. The van der Waals surface area contributed by atoms with Gasteiger partial charge in [0.05, 0.1) is 18.2 Å². The summed E-state index contributed by atoms with van der Waals surface area (Å²) in [5, 5.41) is 20.8. The van der Waals surface area contributed by atoms with E-state index in [0.29, 0.717) is 30.6 Å². The first-order valence-electron chi connectivity index (χ1n) is 19.6. The van der Waals surface area contributed by atoms with Crippen molar-refractivity contribution in [2.45, 2.75) is 94.5 Å². The van der Waals surface area contributed by atoms with Crippen LogP contribution in [0.1, 0.15) is 64.0 Å². The van der Waals surface area contributed by atoms with Crippen molar-refractivity contribution in [3.05, 3.63) is 126 Å². The summed E-state index contributed by atoms with van der Waals surface area (Å²) < 4.78 is 5.64. The summed E-state index contributed by atoms with van der Waals surface area (Å²) in [6.07, 6.45) is 9.15. The highest BCUT2D eigenvalue weighted by Crippen LogP contribution is 2.39. The van der Waals surface area contributed by atoms with Crippen molar-refractivity contribution in [3.8, 4) is 0 Å². The lowest BCUT2D eigenvalue weighted by Crippen LogP contribution is -2.59. The molecular weight excluding hydrogens is 691 g/mol. The summed E-state index contributed by atoms with van der Waals surface area (Å²) in [4.78, 5) is 30.3. The van der Waals surface area contributed by atoms with Crippen molar-refractivity contribution in [2.24, 2.45) is 17.8 Å². The average Bonchev–Trinajstić information content (AvgIpc) is 3.17. The smallest absolute Gasteiger partial charge is 0.407 e. The topological polar surface area (TPSA) is 90.9 Å². The van der Waals surface area contributed by atoms with E-state index in [0.717, 1.165) is 29.0 Å². The van der Waals surface area contributed by atoms with Crippen molar-refractivity contribution < 1.29 is 19.4 Å². The van der Waals surface area contributed by atoms with Gasteiger partial charge in [-0.15, -0.1) is 11.8 Å². The molecule has 1 aliphatic carbocycles. The third-order valence-electron chi connectivity index (χ3n) is 10.8. The first kappa shape index (κ1) is 39.6. The number of thioether (sulfide) groups is 1. The number of likely N-dealkylation sites (tertiary alicyclic amines) is 1. The standard InChI is InChI=1S/C46H57N3O4S/c1-46(2,3)48-44(51)42-28-37-20-12-13-21-39(37)29-49(42)30-43(50)38(26-33-14-6-4-7-15-33)22-24-40(47-45(52)53-31-34-16-8-5-9-17-34)32-54-41-25-23-35-18-10-11-19-36(35)27-41/h4-11,14-19,22-25,27,37-40,42-43,50H,12-13,20-21,26,28-32H2,1-3H3,(H,47,52)(H,48,51)/b24-22+/t37-,38-,39+,40-,42?,43?/m0/s1. The van der Waals surface area contributed by atoms with Gasteiger partial charge >= 0.3 is 6.09 Å². The fourth-order valence-corrected chi connectivity index (χ4v) is 8.94. The van der Waals surface area contributed by atoms with Crippen LogP contribution in [0.25, 0.3) is 10.8 Å². The number of hydrogen-bond donors (Lipinski definition) is 3. The maximum atomic E-state index is 13.8. The molecule has 1 aliphatic heterocycles. The minimum absolute atomic E-state index is 0.0536. The Balaban J connectivity index is 1.22. The van der Waals surface area contributed by atoms with E-state index in [1.165, 1.54) is 36.5 Å². The summed E-state index contributed by atoms with van der Waals surface area (Å²) in [6.45, 7) is 7.48. The zero-order valence-corrected chi connectivity index (χ0v) is 32.8. The fraction of sp³-hybridized carbons (Fsp3) is 0.435. The van der Waals surface area contributed by atoms with E-state index < -0.39 is 12.2 Å². The van der Waals surface area contributed by atoms with Gasteiger partial charge in [-0.1, -0.05) is 122 Å². The zero-order valence-electron chi connectivity index (χ0n) is 32.0. The number of alkyl carbamates (subject to hydrolysis) is 1. The number of aliphatic hydroxyl groups is 1. The van der Waals surface area contributed by atoms with Crippen molar-refractivity contribution in [2.75, 3.05) is 18.8 Å². The summed E-state index contributed by atoms with van der Waals surface area (Å²) >= 11 is 1.67. The number of carbonyl (C=O) groups excluding carboxylic acids is 2. The second kappa shape index (κ2) is 19.0. The van der Waals surface area contributed by atoms with Gasteiger partial charge in [-0.3, -0.25) is 9.69 Å². The average molecular weight is 748 g/mol. The lowest BCUT2D eigenvalue weighted by Gasteiger charge is -2.47. The van der Waals surface area contributed by atoms with Crippen molar-refractivity contribution in [1.29, 1.82) is 0 Å². The van der Waals surface area contributed by atoms with E-state index in [2.05, 4.69) is 64.1 Å². The number of rotatable bonds is 14. The van der Waals surface area contributed by atoms with E-state index in [-0.39, 0.29) is 36.1 Å². The molecule has 0 radical (unpaired) electrons. The minimum atomic E-state index is -0.731. The number of amides is 2. The van der Waals surface area contributed by atoms with Crippen LogP contribution >= 0.6 is 11.8 Å². The van der Waals surface area contributed by atoms with Crippen LogP contribution in [-0.2, 0) is 22.6 Å². The number of ether oxygens (including phenoxy) is 1. The number of hydrogen-bond acceptors (Lipinski definition) is 6. The Labute approximate surface area is 325 Å². The van der Waals surface area contributed by atoms with E-state index in [1.54, 1.807) is 11.8 Å². The molecule has 1 heterocycles. The van der Waals surface area contributed by atoms with Gasteiger partial charge in [0.25, 0.3) is 0 Å². The lowest BCUT2D eigenvalue weighted by atomic mass is 9.72. The summed E-state index contributed by atoms with van der Waals surface area (Å²) in [5.74, 6) is 1.48. The molecule has 0 spiro atoms. The van der Waals surface area contributed by atoms with Crippen LogP contribution in [0, 0.1) is 17.8 Å². The molecule has 286 valence electrons. The number of carbonyl (C=O) groups is 2. The molecule has 7 nitrogen and oxygen atoms in total. The molecule has 0 aromatic heterocycles. The van der Waals surface area contributed by atoms with Gasteiger partial charge in [0.1, 0.15) is 6.61 Å². The van der Waals surface area contributed by atoms with Gasteiger partial charge in [-0.2, -0.15) is 0 Å². The Morgan fingerprint density at radius 3 is 2.26 bits per heavy atom. The van der Waals surface area contributed by atoms with Gasteiger partial charge in [0, 0.05) is 35.2 Å². The van der Waals surface area contributed by atoms with Crippen molar-refractivity contribution in [3.63, 3.8) is 0 Å². The third-order valence-corrected chi connectivity index (χ3v) is 11.9. The van der Waals surface area contributed by atoms with E-state index in [1.807, 2.05) is 87.5 Å². The molecule has 2 fully saturated rings. The Kier molecular flexibility index (Phi) is 13.9. The number of aliphatic hydroxyl groups excluding tert-OH is 1. The molecule has 3 N–H and O–H groups in total. The van der Waals surface area contributed by atoms with Gasteiger partial charge in [0.15, 0.2) is 0 Å². The SMILES string of the molecule is CC(C)(C)NC(=O)C1C[C@@H]2CCCC[C@@H]2CN1CC(O)[C@@H](/C=C/[C@@H](CSc1ccc2ccccc2c1)NC(=O)OCc1ccccc1)Cc1ccccc1. The second-order valence-corrected chi connectivity index (χ2v) is 17.3. The molecule has 6 atom stereocenters. The van der Waals surface area contributed by atoms with E-state index >= 15 is 0 Å². The molecule has 6 rings (SSSR count). The predicted octanol–water partition coefficient (Wildman–Crippen LogP) is 8.80. The number of nitrogens with one attached hydrogen (secondary N) is 2. The first-order valence-corrected chi connectivity index (χ1v) is 20.6. The molecule has 0 bridgehead atoms. The summed E-state index contributed by atoms with van der Waals surface area (Å²) in [6, 6.07) is 34.0. The Hall–Kier alpha value is -4.11. The van der Waals surface area contributed by atoms with Crippen LogP contribution < -0.4 is 10.6 Å². The number of β-amino-alcohol motifs (C(OH)–C–C–N with tert-alkyl or cyclic N) is 1. The van der Waals surface area contributed by atoms with E-state index in [9.17, 15) is 14.7 Å². The molecule has 8 heteroatoms. The zero-order chi connectivity index (χ0) is 37.9. The highest BCUT2D eigenvalue weighted by atomic mass is 32.2. The number of benzene rings is 4. The maximum Gasteiger partial charge on any atom is 0.407 e. The van der Waals surface area contributed by atoms with Crippen LogP contribution in [0.15, 0.2) is 120 Å². The lowest BCUT2D eigenvalue weighted by molar-refractivity contribution is -0.132. The first-order chi connectivity index (χ1) is 26.1. The van der Waals surface area contributed by atoms with E-state index in [4.69, 9.17) is 4.74 Å². The Morgan fingerprint density at radius 1 is 0.870 bits per heavy atom. The van der Waals surface area contributed by atoms with Crippen LogP contribution in [0.2, 0.25) is 0 Å². The van der Waals surface area contributed by atoms with Crippen LogP contribution in [0.3, 0.4) is 0 Å². The molecule has 2 aliphatic rings. The molecule has 2 amide bonds. The molecule has 4 aromatic rings. The predicted molar refractivity (Wildman–Crippen MR) is 220 cm³/mol. The maximum absolute atomic E-state index is 13.8. The molecule has 1 saturated heterocycles. The van der Waals surface area contributed by atoms with Gasteiger partial charge in [-0.25, -0.2) is 4.79 Å². The molecule has 1 saturated carbocycles. The molecular formula is C46H57N3O4S. The third kappa shape index (κ3) is 11.7. The highest BCUT2D eigenvalue weighted by Gasteiger charge is 2.41. The summed E-state index contributed by atoms with van der Waals surface area (Å²) in [5.41, 5.74) is 1.71. The van der Waals surface area contributed by atoms with Gasteiger partial charge in [-0.05, 0) is 85.9 Å². The van der Waals surface area contributed by atoms with Gasteiger partial charge < -0.3 is 20.5 Å². The molecule has 2 unspecified atom stereocenters. The van der Waals surface area contributed by atoms with Gasteiger partial charge in [0.2, 0.25) is 5.91 Å². The number of piperidine rings is 1. The highest BCUT2D eigenvalue weighted by molar-refractivity contribution is 7.99. The van der Waals surface area contributed by atoms with Crippen LogP contribution in [-0.4, -0.2) is 64.6 Å². The minimum Gasteiger partial charge on any atom is -0.445 e. The van der Waals surface area contributed by atoms with Crippen LogP contribution in [0.4, 0.5) is 4.79 Å².